The Balaban J connectivity index is 1.71. The summed E-state index contributed by atoms with van der Waals surface area (Å²) < 4.78 is 0. The molecule has 2 aromatic carbocycles. The molecule has 0 heterocycles. The van der Waals surface area contributed by atoms with Gasteiger partial charge >= 0.3 is 0 Å². The summed E-state index contributed by atoms with van der Waals surface area (Å²) in [7, 11) is 0. The summed E-state index contributed by atoms with van der Waals surface area (Å²) >= 11 is 0. The summed E-state index contributed by atoms with van der Waals surface area (Å²) in [4.78, 5) is 11.9. The number of carbonyl (C=O) groups excluding carboxylic acids is 1. The summed E-state index contributed by atoms with van der Waals surface area (Å²) in [5.41, 5.74) is 4.75. The Morgan fingerprint density at radius 2 is 1.74 bits per heavy atom. The predicted molar refractivity (Wildman–Crippen MR) is 96.7 cm³/mol. The van der Waals surface area contributed by atoms with Crippen LogP contribution in [0.1, 0.15) is 42.9 Å². The fourth-order valence-corrected chi connectivity index (χ4v) is 2.40. The zero-order valence-corrected chi connectivity index (χ0v) is 14.2. The zero-order chi connectivity index (χ0) is 16.7. The Hall–Kier alpha value is -2.29. The predicted octanol–water partition coefficient (Wildman–Crippen LogP) is 4.24. The number of amides is 1. The third-order valence-corrected chi connectivity index (χ3v) is 4.00. The number of rotatable bonds is 7. The molecule has 0 aliphatic carbocycles. The van der Waals surface area contributed by atoms with Crippen LogP contribution < -0.4 is 10.6 Å². The van der Waals surface area contributed by atoms with Crippen molar-refractivity contribution in [2.24, 2.45) is 0 Å². The molecule has 0 saturated carbocycles. The second kappa shape index (κ2) is 8.37. The van der Waals surface area contributed by atoms with Gasteiger partial charge in [0.05, 0.1) is 0 Å². The van der Waals surface area contributed by atoms with Crippen molar-refractivity contribution in [3.05, 3.63) is 65.2 Å². The Morgan fingerprint density at radius 1 is 1.04 bits per heavy atom. The molecule has 0 fully saturated rings. The Labute approximate surface area is 139 Å². The molecule has 0 spiro atoms. The van der Waals surface area contributed by atoms with Gasteiger partial charge in [0.25, 0.3) is 0 Å². The summed E-state index contributed by atoms with van der Waals surface area (Å²) in [6, 6.07) is 16.5. The molecule has 2 aromatic rings. The van der Waals surface area contributed by atoms with Crippen LogP contribution in [-0.4, -0.2) is 12.5 Å². The first-order valence-electron chi connectivity index (χ1n) is 8.21. The van der Waals surface area contributed by atoms with E-state index in [1.807, 2.05) is 18.2 Å². The topological polar surface area (TPSA) is 41.1 Å². The smallest absolute Gasteiger partial charge is 0.222 e. The zero-order valence-electron chi connectivity index (χ0n) is 14.2. The second-order valence-corrected chi connectivity index (χ2v) is 6.16. The molecule has 1 amide bonds. The molecule has 0 aliphatic rings. The van der Waals surface area contributed by atoms with Crippen LogP contribution in [-0.2, 0) is 11.3 Å². The van der Waals surface area contributed by atoms with E-state index in [-0.39, 0.29) is 5.91 Å². The van der Waals surface area contributed by atoms with E-state index in [1.165, 1.54) is 11.1 Å². The van der Waals surface area contributed by atoms with Crippen molar-refractivity contribution in [2.45, 2.75) is 39.7 Å². The highest BCUT2D eigenvalue weighted by Crippen LogP contribution is 2.17. The fourth-order valence-electron chi connectivity index (χ4n) is 2.40. The first-order valence-corrected chi connectivity index (χ1v) is 8.21. The quantitative estimate of drug-likeness (QED) is 0.803. The van der Waals surface area contributed by atoms with E-state index in [1.54, 1.807) is 0 Å². The van der Waals surface area contributed by atoms with Gasteiger partial charge in [-0.3, -0.25) is 4.79 Å². The summed E-state index contributed by atoms with van der Waals surface area (Å²) in [5.74, 6) is 0.607. The summed E-state index contributed by atoms with van der Waals surface area (Å²) in [5, 5.41) is 6.26. The van der Waals surface area contributed by atoms with Gasteiger partial charge in [-0.1, -0.05) is 50.2 Å². The Morgan fingerprint density at radius 3 is 2.39 bits per heavy atom. The van der Waals surface area contributed by atoms with Crippen LogP contribution in [0.2, 0.25) is 0 Å². The third-order valence-electron chi connectivity index (χ3n) is 4.00. The molecule has 0 aliphatic heterocycles. The monoisotopic (exact) mass is 310 g/mol. The molecule has 0 saturated heterocycles. The fraction of sp³-hybridized carbons (Fsp3) is 0.350. The molecule has 23 heavy (non-hydrogen) atoms. The lowest BCUT2D eigenvalue weighted by molar-refractivity contribution is -0.121. The highest BCUT2D eigenvalue weighted by atomic mass is 16.1. The maximum absolute atomic E-state index is 11.9. The largest absolute Gasteiger partial charge is 0.385 e. The lowest BCUT2D eigenvalue weighted by Crippen LogP contribution is -2.25. The molecule has 122 valence electrons. The van der Waals surface area contributed by atoms with E-state index < -0.39 is 0 Å². The van der Waals surface area contributed by atoms with E-state index in [9.17, 15) is 4.79 Å². The van der Waals surface area contributed by atoms with Crippen LogP contribution in [0.3, 0.4) is 0 Å². The minimum absolute atomic E-state index is 0.0690. The molecule has 3 heteroatoms. The maximum atomic E-state index is 11.9. The first kappa shape index (κ1) is 17.1. The highest BCUT2D eigenvalue weighted by molar-refractivity contribution is 5.76. The molecular formula is C20H26N2O. The van der Waals surface area contributed by atoms with Crippen molar-refractivity contribution in [3.63, 3.8) is 0 Å². The van der Waals surface area contributed by atoms with E-state index in [0.29, 0.717) is 25.4 Å². The van der Waals surface area contributed by atoms with Crippen LogP contribution in [0.15, 0.2) is 48.5 Å². The minimum Gasteiger partial charge on any atom is -0.385 e. The van der Waals surface area contributed by atoms with Crippen molar-refractivity contribution in [3.8, 4) is 0 Å². The average Bonchev–Trinajstić information content (AvgIpc) is 2.54. The van der Waals surface area contributed by atoms with Crippen LogP contribution in [0.5, 0.6) is 0 Å². The Kier molecular flexibility index (Phi) is 6.21. The van der Waals surface area contributed by atoms with Crippen LogP contribution in [0.4, 0.5) is 5.69 Å². The van der Waals surface area contributed by atoms with Crippen LogP contribution in [0.25, 0.3) is 0 Å². The molecule has 0 atom stereocenters. The highest BCUT2D eigenvalue weighted by Gasteiger charge is 2.03. The SMILES string of the molecule is Cc1ccccc1CNC(=O)CCNc1ccc(C(C)C)cc1. The minimum atomic E-state index is 0.0690. The van der Waals surface area contributed by atoms with Gasteiger partial charge in [-0.05, 0) is 41.7 Å². The van der Waals surface area contributed by atoms with Crippen molar-refractivity contribution >= 4 is 11.6 Å². The van der Waals surface area contributed by atoms with E-state index >= 15 is 0 Å². The maximum Gasteiger partial charge on any atom is 0.222 e. The third kappa shape index (κ3) is 5.44. The number of carbonyl (C=O) groups is 1. The molecule has 0 aromatic heterocycles. The second-order valence-electron chi connectivity index (χ2n) is 6.16. The van der Waals surface area contributed by atoms with E-state index in [4.69, 9.17) is 0 Å². The van der Waals surface area contributed by atoms with Gasteiger partial charge in [0.15, 0.2) is 0 Å². The van der Waals surface area contributed by atoms with Gasteiger partial charge in [-0.2, -0.15) is 0 Å². The normalized spacial score (nSPS) is 10.6. The summed E-state index contributed by atoms with van der Waals surface area (Å²) in [6.45, 7) is 7.65. The van der Waals surface area contributed by atoms with Gasteiger partial charge in [0.2, 0.25) is 5.91 Å². The lowest BCUT2D eigenvalue weighted by atomic mass is 10.0. The number of aryl methyl sites for hydroxylation is 1. The molecule has 3 nitrogen and oxygen atoms in total. The van der Waals surface area contributed by atoms with Gasteiger partial charge < -0.3 is 10.6 Å². The van der Waals surface area contributed by atoms with Gasteiger partial charge in [-0.25, -0.2) is 0 Å². The van der Waals surface area contributed by atoms with Crippen LogP contribution >= 0.6 is 0 Å². The van der Waals surface area contributed by atoms with Crippen molar-refractivity contribution in [2.75, 3.05) is 11.9 Å². The lowest BCUT2D eigenvalue weighted by Gasteiger charge is -2.10. The van der Waals surface area contributed by atoms with E-state index in [0.717, 1.165) is 11.3 Å². The molecule has 2 N–H and O–H groups in total. The van der Waals surface area contributed by atoms with Crippen LogP contribution in [0, 0.1) is 6.92 Å². The van der Waals surface area contributed by atoms with Crippen molar-refractivity contribution in [1.82, 2.24) is 5.32 Å². The van der Waals surface area contributed by atoms with Crippen molar-refractivity contribution in [1.29, 1.82) is 0 Å². The average molecular weight is 310 g/mol. The molecule has 2 rings (SSSR count). The molecule has 0 unspecified atom stereocenters. The van der Waals surface area contributed by atoms with Gasteiger partial charge in [0, 0.05) is 25.2 Å². The molecule has 0 bridgehead atoms. The number of hydrogen-bond acceptors (Lipinski definition) is 2. The number of nitrogens with one attached hydrogen (secondary N) is 2. The number of benzene rings is 2. The van der Waals surface area contributed by atoms with E-state index in [2.05, 4.69) is 61.7 Å². The number of hydrogen-bond donors (Lipinski definition) is 2. The van der Waals surface area contributed by atoms with Crippen molar-refractivity contribution < 1.29 is 4.79 Å². The summed E-state index contributed by atoms with van der Waals surface area (Å²) in [6.07, 6.45) is 0.470. The first-order chi connectivity index (χ1) is 11.1. The molecule has 0 radical (unpaired) electrons. The Bertz CT molecular complexity index is 632. The number of anilines is 1. The van der Waals surface area contributed by atoms with Gasteiger partial charge in [0.1, 0.15) is 0 Å². The molecular weight excluding hydrogens is 284 g/mol. The standard InChI is InChI=1S/C20H26N2O/c1-15(2)17-8-10-19(11-9-17)21-13-12-20(23)22-14-18-7-5-4-6-16(18)3/h4-11,15,21H,12-14H2,1-3H3,(H,22,23). The van der Waals surface area contributed by atoms with Gasteiger partial charge in [-0.15, -0.1) is 0 Å².